The Bertz CT molecular complexity index is 473. The number of ether oxygens (including phenoxy) is 1. The van der Waals surface area contributed by atoms with E-state index in [2.05, 4.69) is 5.32 Å². The Morgan fingerprint density at radius 2 is 2.10 bits per heavy atom. The third-order valence-corrected chi connectivity index (χ3v) is 3.73. The molecule has 3 N–H and O–H groups in total. The average molecular weight is 294 g/mol. The van der Waals surface area contributed by atoms with Crippen LogP contribution >= 0.6 is 0 Å². The third-order valence-electron chi connectivity index (χ3n) is 3.73. The summed E-state index contributed by atoms with van der Waals surface area (Å²) in [4.78, 5) is 11.8. The first-order valence-corrected chi connectivity index (χ1v) is 7.61. The Labute approximate surface area is 124 Å². The van der Waals surface area contributed by atoms with Gasteiger partial charge < -0.3 is 15.8 Å². The van der Waals surface area contributed by atoms with E-state index in [1.165, 1.54) is 37.5 Å². The number of nitrogen functional groups attached to an aromatic ring is 1. The Kier molecular flexibility index (Phi) is 5.99. The minimum Gasteiger partial charge on any atom is -0.396 e. The molecule has 0 radical (unpaired) electrons. The monoisotopic (exact) mass is 294 g/mol. The average Bonchev–Trinajstić information content (AvgIpc) is 2.49. The standard InChI is InChI=1S/C16H23FN2O2/c17-14-9-8-12(11-15(14)18)19-16(20)7-4-10-21-13-5-2-1-3-6-13/h8-9,11,13H,1-7,10,18H2,(H,19,20). The molecule has 0 aromatic heterocycles. The van der Waals surface area contributed by atoms with Crippen LogP contribution in [0.2, 0.25) is 0 Å². The van der Waals surface area contributed by atoms with E-state index in [-0.39, 0.29) is 11.6 Å². The van der Waals surface area contributed by atoms with Gasteiger partial charge in [-0.15, -0.1) is 0 Å². The molecule has 2 rings (SSSR count). The number of carbonyl (C=O) groups excluding carboxylic acids is 1. The number of nitrogens with two attached hydrogens (primary N) is 1. The highest BCUT2D eigenvalue weighted by molar-refractivity contribution is 5.91. The molecule has 0 unspecified atom stereocenters. The van der Waals surface area contributed by atoms with Crippen LogP contribution in [0, 0.1) is 5.82 Å². The van der Waals surface area contributed by atoms with Crippen molar-refractivity contribution in [2.75, 3.05) is 17.7 Å². The van der Waals surface area contributed by atoms with Crippen LogP contribution in [0.15, 0.2) is 18.2 Å². The summed E-state index contributed by atoms with van der Waals surface area (Å²) < 4.78 is 18.8. The van der Waals surface area contributed by atoms with Gasteiger partial charge in [0.2, 0.25) is 5.91 Å². The molecule has 0 spiro atoms. The van der Waals surface area contributed by atoms with Gasteiger partial charge in [0, 0.05) is 18.7 Å². The maximum atomic E-state index is 13.0. The largest absolute Gasteiger partial charge is 0.396 e. The van der Waals surface area contributed by atoms with Crippen LogP contribution in [0.4, 0.5) is 15.8 Å². The van der Waals surface area contributed by atoms with E-state index in [0.717, 1.165) is 12.8 Å². The highest BCUT2D eigenvalue weighted by atomic mass is 19.1. The number of hydrogen-bond donors (Lipinski definition) is 2. The molecule has 1 amide bonds. The molecule has 0 bridgehead atoms. The van der Waals surface area contributed by atoms with Crippen molar-refractivity contribution < 1.29 is 13.9 Å². The van der Waals surface area contributed by atoms with Gasteiger partial charge >= 0.3 is 0 Å². The van der Waals surface area contributed by atoms with Crippen molar-refractivity contribution in [1.29, 1.82) is 0 Å². The van der Waals surface area contributed by atoms with E-state index in [9.17, 15) is 9.18 Å². The Morgan fingerprint density at radius 3 is 2.81 bits per heavy atom. The lowest BCUT2D eigenvalue weighted by atomic mass is 9.98. The van der Waals surface area contributed by atoms with Crippen LogP contribution in [-0.4, -0.2) is 18.6 Å². The maximum Gasteiger partial charge on any atom is 0.224 e. The Balaban J connectivity index is 1.63. The molecule has 1 aliphatic carbocycles. The van der Waals surface area contributed by atoms with Crippen LogP contribution < -0.4 is 11.1 Å². The zero-order chi connectivity index (χ0) is 15.1. The highest BCUT2D eigenvalue weighted by Crippen LogP contribution is 2.20. The summed E-state index contributed by atoms with van der Waals surface area (Å²) in [6, 6.07) is 4.17. The van der Waals surface area contributed by atoms with Gasteiger partial charge in [-0.3, -0.25) is 4.79 Å². The second-order valence-corrected chi connectivity index (χ2v) is 5.52. The van der Waals surface area contributed by atoms with Crippen molar-refractivity contribution in [3.8, 4) is 0 Å². The third kappa shape index (κ3) is 5.34. The second kappa shape index (κ2) is 7.98. The molecule has 21 heavy (non-hydrogen) atoms. The van der Waals surface area contributed by atoms with E-state index in [0.29, 0.717) is 31.2 Å². The van der Waals surface area contributed by atoms with Gasteiger partial charge in [-0.05, 0) is 37.5 Å². The lowest BCUT2D eigenvalue weighted by Crippen LogP contribution is -2.18. The number of hydrogen-bond acceptors (Lipinski definition) is 3. The zero-order valence-corrected chi connectivity index (χ0v) is 12.2. The molecule has 1 aromatic rings. The van der Waals surface area contributed by atoms with Gasteiger partial charge in [0.1, 0.15) is 5.82 Å². The highest BCUT2D eigenvalue weighted by Gasteiger charge is 2.13. The first-order valence-electron chi connectivity index (χ1n) is 7.61. The van der Waals surface area contributed by atoms with Crippen LogP contribution in [0.5, 0.6) is 0 Å². The van der Waals surface area contributed by atoms with Gasteiger partial charge in [0.25, 0.3) is 0 Å². The van der Waals surface area contributed by atoms with E-state index in [4.69, 9.17) is 10.5 Å². The van der Waals surface area contributed by atoms with Crippen LogP contribution in [0.25, 0.3) is 0 Å². The normalized spacial score (nSPS) is 15.9. The summed E-state index contributed by atoms with van der Waals surface area (Å²) in [6.07, 6.45) is 7.54. The Morgan fingerprint density at radius 1 is 1.33 bits per heavy atom. The number of rotatable bonds is 6. The fourth-order valence-electron chi connectivity index (χ4n) is 2.56. The van der Waals surface area contributed by atoms with Gasteiger partial charge in [-0.1, -0.05) is 19.3 Å². The van der Waals surface area contributed by atoms with E-state index >= 15 is 0 Å². The maximum absolute atomic E-state index is 13.0. The number of halogens is 1. The summed E-state index contributed by atoms with van der Waals surface area (Å²) in [5.41, 5.74) is 6.01. The number of anilines is 2. The van der Waals surface area contributed by atoms with Crippen molar-refractivity contribution in [3.63, 3.8) is 0 Å². The summed E-state index contributed by atoms with van der Waals surface area (Å²) in [5, 5.41) is 2.71. The summed E-state index contributed by atoms with van der Waals surface area (Å²) in [7, 11) is 0. The van der Waals surface area contributed by atoms with Crippen molar-refractivity contribution >= 4 is 17.3 Å². The molecule has 0 heterocycles. The smallest absolute Gasteiger partial charge is 0.224 e. The lowest BCUT2D eigenvalue weighted by Gasteiger charge is -2.21. The predicted molar refractivity (Wildman–Crippen MR) is 81.5 cm³/mol. The van der Waals surface area contributed by atoms with Crippen molar-refractivity contribution in [1.82, 2.24) is 0 Å². The van der Waals surface area contributed by atoms with E-state index in [1.807, 2.05) is 0 Å². The van der Waals surface area contributed by atoms with Crippen molar-refractivity contribution in [2.45, 2.75) is 51.0 Å². The fraction of sp³-hybridized carbons (Fsp3) is 0.562. The quantitative estimate of drug-likeness (QED) is 0.623. The number of carbonyl (C=O) groups is 1. The molecule has 0 atom stereocenters. The molecule has 116 valence electrons. The Hall–Kier alpha value is -1.62. The molecule has 1 fully saturated rings. The molecule has 1 saturated carbocycles. The van der Waals surface area contributed by atoms with Crippen LogP contribution in [0.1, 0.15) is 44.9 Å². The molecule has 0 saturated heterocycles. The minimum atomic E-state index is -0.478. The second-order valence-electron chi connectivity index (χ2n) is 5.52. The summed E-state index contributed by atoms with van der Waals surface area (Å²) in [6.45, 7) is 0.615. The molecular formula is C16H23FN2O2. The predicted octanol–water partition coefficient (Wildman–Crippen LogP) is 3.48. The summed E-state index contributed by atoms with van der Waals surface area (Å²) in [5.74, 6) is -0.581. The van der Waals surface area contributed by atoms with Gasteiger partial charge in [0.15, 0.2) is 0 Å². The number of amides is 1. The van der Waals surface area contributed by atoms with E-state index < -0.39 is 5.82 Å². The zero-order valence-electron chi connectivity index (χ0n) is 12.2. The van der Waals surface area contributed by atoms with Crippen molar-refractivity contribution in [3.05, 3.63) is 24.0 Å². The van der Waals surface area contributed by atoms with E-state index in [1.54, 1.807) is 0 Å². The van der Waals surface area contributed by atoms with Gasteiger partial charge in [-0.2, -0.15) is 0 Å². The first kappa shape index (κ1) is 15.8. The number of benzene rings is 1. The van der Waals surface area contributed by atoms with Gasteiger partial charge in [0.05, 0.1) is 11.8 Å². The molecule has 0 aliphatic heterocycles. The SMILES string of the molecule is Nc1cc(NC(=O)CCCOC2CCCCC2)ccc1F. The number of nitrogens with one attached hydrogen (secondary N) is 1. The molecule has 4 nitrogen and oxygen atoms in total. The molecule has 1 aromatic carbocycles. The fourth-order valence-corrected chi connectivity index (χ4v) is 2.56. The van der Waals surface area contributed by atoms with Gasteiger partial charge in [-0.25, -0.2) is 4.39 Å². The molecule has 5 heteroatoms. The van der Waals surface area contributed by atoms with Crippen LogP contribution in [0.3, 0.4) is 0 Å². The molecular weight excluding hydrogens is 271 g/mol. The minimum absolute atomic E-state index is 0.0356. The lowest BCUT2D eigenvalue weighted by molar-refractivity contribution is -0.116. The molecule has 1 aliphatic rings. The van der Waals surface area contributed by atoms with Crippen molar-refractivity contribution in [2.24, 2.45) is 0 Å². The summed E-state index contributed by atoms with van der Waals surface area (Å²) >= 11 is 0. The topological polar surface area (TPSA) is 64.3 Å². The van der Waals surface area contributed by atoms with Crippen LogP contribution in [-0.2, 0) is 9.53 Å². The first-order chi connectivity index (χ1) is 10.1.